The van der Waals surface area contributed by atoms with Crippen molar-refractivity contribution in [3.05, 3.63) is 30.3 Å². The first kappa shape index (κ1) is 9.06. The number of carbonyl (C=O) groups is 1. The van der Waals surface area contributed by atoms with E-state index in [4.69, 9.17) is 5.84 Å². The summed E-state index contributed by atoms with van der Waals surface area (Å²) in [5.74, 6) is 4.88. The van der Waals surface area contributed by atoms with E-state index in [1.54, 1.807) is 0 Å². The normalized spacial score (nSPS) is 9.08. The fourth-order valence-corrected chi connectivity index (χ4v) is 1.80. The molecular weight excluding hydrogens is 221 g/mol. The van der Waals surface area contributed by atoms with Crippen LogP contribution in [0.15, 0.2) is 30.3 Å². The molecule has 0 aromatic heterocycles. The van der Waals surface area contributed by atoms with E-state index in [0.717, 1.165) is 4.46 Å². The number of nitrogens with one attached hydrogen (secondary N) is 2. The van der Waals surface area contributed by atoms with Gasteiger partial charge in [-0.25, -0.2) is 0 Å². The molecule has 4 N–H and O–H groups in total. The molecule has 0 spiro atoms. The molecule has 5 heteroatoms. The second kappa shape index (κ2) is 4.77. The molecule has 1 aromatic carbocycles. The number of hydrogen-bond acceptors (Lipinski definition) is 2. The molecule has 0 bridgehead atoms. The molecule has 1 rings (SSSR count). The molecule has 0 saturated carbocycles. The van der Waals surface area contributed by atoms with Crippen molar-refractivity contribution in [2.75, 3.05) is 0 Å². The van der Waals surface area contributed by atoms with Crippen molar-refractivity contribution < 1.29 is 4.79 Å². The van der Waals surface area contributed by atoms with Gasteiger partial charge in [-0.2, -0.15) is 0 Å². The fourth-order valence-electron chi connectivity index (χ4n) is 0.623. The van der Waals surface area contributed by atoms with Gasteiger partial charge in [0.05, 0.1) is 0 Å². The number of benzene rings is 1. The van der Waals surface area contributed by atoms with Crippen molar-refractivity contribution >= 4 is 25.7 Å². The molecule has 0 aliphatic heterocycles. The third kappa shape index (κ3) is 2.92. The summed E-state index contributed by atoms with van der Waals surface area (Å²) in [6, 6.07) is 9.35. The van der Waals surface area contributed by atoms with Gasteiger partial charge in [-0.1, -0.05) is 0 Å². The van der Waals surface area contributed by atoms with Crippen molar-refractivity contribution in [3.63, 3.8) is 0 Å². The number of hydrazine groups is 1. The van der Waals surface area contributed by atoms with Crippen molar-refractivity contribution in [2.24, 2.45) is 5.84 Å². The van der Waals surface area contributed by atoms with Crippen molar-refractivity contribution in [2.45, 2.75) is 0 Å². The van der Waals surface area contributed by atoms with Crippen LogP contribution in [-0.2, 0) is 0 Å². The third-order valence-electron chi connectivity index (χ3n) is 1.14. The Balaban J connectivity index is 2.38. The molecule has 2 amide bonds. The summed E-state index contributed by atoms with van der Waals surface area (Å²) >= 11 is -0.0509. The van der Waals surface area contributed by atoms with E-state index >= 15 is 0 Å². The van der Waals surface area contributed by atoms with Crippen LogP contribution in [0.1, 0.15) is 0 Å². The average molecular weight is 230 g/mol. The van der Waals surface area contributed by atoms with E-state index in [0.29, 0.717) is 0 Å². The number of carbonyl (C=O) groups excluding carboxylic acids is 1. The Bertz CT molecular complexity index is 252. The molecule has 12 heavy (non-hydrogen) atoms. The van der Waals surface area contributed by atoms with Gasteiger partial charge >= 0.3 is 76.4 Å². The number of hydrogen-bond donors (Lipinski definition) is 3. The maximum absolute atomic E-state index is 10.7. The van der Waals surface area contributed by atoms with E-state index in [1.165, 1.54) is 0 Å². The van der Waals surface area contributed by atoms with Gasteiger partial charge in [-0.15, -0.1) is 0 Å². The molecule has 0 aliphatic carbocycles. The van der Waals surface area contributed by atoms with Crippen LogP contribution in [-0.4, -0.2) is 21.2 Å². The Hall–Kier alpha value is -1.03. The van der Waals surface area contributed by atoms with Crippen molar-refractivity contribution in [3.8, 4) is 0 Å². The van der Waals surface area contributed by atoms with Gasteiger partial charge in [0, 0.05) is 0 Å². The molecular formula is C7H9N3OSe. The molecule has 0 atom stereocenters. The topological polar surface area (TPSA) is 67.1 Å². The van der Waals surface area contributed by atoms with Gasteiger partial charge in [0.1, 0.15) is 0 Å². The first-order valence-electron chi connectivity index (χ1n) is 3.31. The first-order chi connectivity index (χ1) is 5.83. The number of rotatable bonds is 2. The van der Waals surface area contributed by atoms with Crippen LogP contribution in [0.25, 0.3) is 0 Å². The summed E-state index contributed by atoms with van der Waals surface area (Å²) in [5, 5.41) is 0. The van der Waals surface area contributed by atoms with E-state index in [1.807, 2.05) is 35.8 Å². The predicted molar refractivity (Wildman–Crippen MR) is 47.7 cm³/mol. The van der Waals surface area contributed by atoms with Crippen LogP contribution < -0.4 is 20.1 Å². The molecule has 4 nitrogen and oxygen atoms in total. The Morgan fingerprint density at radius 1 is 1.33 bits per heavy atom. The zero-order valence-electron chi connectivity index (χ0n) is 6.28. The fraction of sp³-hybridized carbons (Fsp3) is 0. The average Bonchev–Trinajstić information content (AvgIpc) is 2.16. The van der Waals surface area contributed by atoms with Gasteiger partial charge in [-0.3, -0.25) is 0 Å². The molecule has 0 heterocycles. The SMILES string of the molecule is NNC(=O)N[Se]c1ccccc1. The Labute approximate surface area is 76.9 Å². The summed E-state index contributed by atoms with van der Waals surface area (Å²) in [6.45, 7) is 0. The molecule has 1 aromatic rings. The molecule has 0 fully saturated rings. The molecule has 0 saturated heterocycles. The number of nitrogens with two attached hydrogens (primary N) is 1. The Morgan fingerprint density at radius 3 is 2.58 bits per heavy atom. The van der Waals surface area contributed by atoms with Gasteiger partial charge in [-0.05, 0) is 0 Å². The minimum atomic E-state index is -0.348. The van der Waals surface area contributed by atoms with Gasteiger partial charge < -0.3 is 0 Å². The van der Waals surface area contributed by atoms with Gasteiger partial charge in [0.15, 0.2) is 0 Å². The monoisotopic (exact) mass is 231 g/mol. The van der Waals surface area contributed by atoms with Crippen molar-refractivity contribution in [1.82, 2.24) is 9.76 Å². The van der Waals surface area contributed by atoms with Crippen LogP contribution >= 0.6 is 0 Å². The molecule has 0 aliphatic rings. The summed E-state index contributed by atoms with van der Waals surface area (Å²) in [5.41, 5.74) is 2.00. The van der Waals surface area contributed by atoms with E-state index in [-0.39, 0.29) is 21.2 Å². The molecule has 0 radical (unpaired) electrons. The summed E-state index contributed by atoms with van der Waals surface area (Å²) in [6.07, 6.45) is 0. The zero-order chi connectivity index (χ0) is 8.81. The van der Waals surface area contributed by atoms with Crippen LogP contribution in [0.2, 0.25) is 0 Å². The quantitative estimate of drug-likeness (QED) is 0.267. The van der Waals surface area contributed by atoms with Gasteiger partial charge in [0.2, 0.25) is 0 Å². The Kier molecular flexibility index (Phi) is 3.60. The van der Waals surface area contributed by atoms with Crippen LogP contribution in [0, 0.1) is 0 Å². The molecule has 0 unspecified atom stereocenters. The van der Waals surface area contributed by atoms with Gasteiger partial charge in [0.25, 0.3) is 0 Å². The van der Waals surface area contributed by atoms with E-state index in [2.05, 4.69) is 4.33 Å². The second-order valence-corrected chi connectivity index (χ2v) is 3.84. The predicted octanol–water partition coefficient (Wildman–Crippen LogP) is -0.896. The Morgan fingerprint density at radius 2 is 2.00 bits per heavy atom. The standard InChI is InChI=1S/C7H9N3OSe/c8-9-7(11)10-12-6-4-2-1-3-5-6/h1-5H,8H2,(H2,9,10,11). The van der Waals surface area contributed by atoms with Crippen LogP contribution in [0.3, 0.4) is 0 Å². The number of amides is 2. The summed E-state index contributed by atoms with van der Waals surface area (Å²) in [4.78, 5) is 10.7. The first-order valence-corrected chi connectivity index (χ1v) is 5.02. The molecule has 64 valence electrons. The second-order valence-electron chi connectivity index (χ2n) is 1.99. The van der Waals surface area contributed by atoms with Crippen LogP contribution in [0.4, 0.5) is 4.79 Å². The summed E-state index contributed by atoms with van der Waals surface area (Å²) in [7, 11) is 0. The van der Waals surface area contributed by atoms with Crippen LogP contribution in [0.5, 0.6) is 0 Å². The van der Waals surface area contributed by atoms with E-state index in [9.17, 15) is 4.79 Å². The minimum absolute atomic E-state index is 0.0509. The number of urea groups is 1. The van der Waals surface area contributed by atoms with E-state index < -0.39 is 0 Å². The third-order valence-corrected chi connectivity index (χ3v) is 2.80. The summed E-state index contributed by atoms with van der Waals surface area (Å²) < 4.78 is 3.74. The van der Waals surface area contributed by atoms with Crippen molar-refractivity contribution in [1.29, 1.82) is 0 Å². The zero-order valence-corrected chi connectivity index (χ0v) is 7.99. The maximum atomic E-state index is 10.7.